The summed E-state index contributed by atoms with van der Waals surface area (Å²) in [5.74, 6) is 2.14. The molecule has 0 aromatic rings. The van der Waals surface area contributed by atoms with E-state index >= 15 is 0 Å². The first-order chi connectivity index (χ1) is 8.54. The van der Waals surface area contributed by atoms with Crippen molar-refractivity contribution in [2.45, 2.75) is 52.0 Å². The normalized spacial score (nSPS) is 29.6. The Kier molecular flexibility index (Phi) is 4.25. The van der Waals surface area contributed by atoms with Gasteiger partial charge in [-0.25, -0.2) is 0 Å². The first-order valence-corrected chi connectivity index (χ1v) is 7.10. The topological polar surface area (TPSA) is 58.2 Å². The molecule has 102 valence electrons. The average Bonchev–Trinajstić information content (AvgIpc) is 2.87. The van der Waals surface area contributed by atoms with Gasteiger partial charge < -0.3 is 10.6 Å². The van der Waals surface area contributed by atoms with Gasteiger partial charge in [-0.15, -0.1) is 0 Å². The molecule has 0 aromatic carbocycles. The summed E-state index contributed by atoms with van der Waals surface area (Å²) in [5.41, 5.74) is 0. The predicted octanol–water partition coefficient (Wildman–Crippen LogP) is 1.45. The first kappa shape index (κ1) is 13.4. The van der Waals surface area contributed by atoms with Gasteiger partial charge in [0.1, 0.15) is 0 Å². The van der Waals surface area contributed by atoms with E-state index in [-0.39, 0.29) is 24.4 Å². The summed E-state index contributed by atoms with van der Waals surface area (Å²) in [5, 5.41) is 5.49. The molecule has 2 saturated carbocycles. The van der Waals surface area contributed by atoms with Gasteiger partial charge in [-0.05, 0) is 50.9 Å². The van der Waals surface area contributed by atoms with Gasteiger partial charge in [-0.3, -0.25) is 9.59 Å². The Hall–Kier alpha value is -1.06. The van der Waals surface area contributed by atoms with Crippen LogP contribution in [-0.4, -0.2) is 24.4 Å². The van der Waals surface area contributed by atoms with E-state index < -0.39 is 0 Å². The second kappa shape index (κ2) is 5.72. The molecule has 2 fully saturated rings. The van der Waals surface area contributed by atoms with E-state index in [2.05, 4.69) is 10.6 Å². The van der Waals surface area contributed by atoms with Crippen LogP contribution in [0.4, 0.5) is 0 Å². The third-order valence-electron chi connectivity index (χ3n) is 4.23. The van der Waals surface area contributed by atoms with Crippen LogP contribution in [0.1, 0.15) is 46.0 Å². The molecular weight excluding hydrogens is 228 g/mol. The molecule has 3 atom stereocenters. The molecule has 0 spiro atoms. The van der Waals surface area contributed by atoms with Crippen LogP contribution in [0.2, 0.25) is 0 Å². The Balaban J connectivity index is 1.65. The zero-order chi connectivity index (χ0) is 13.1. The minimum absolute atomic E-state index is 0.0338. The van der Waals surface area contributed by atoms with Crippen LogP contribution in [0.3, 0.4) is 0 Å². The van der Waals surface area contributed by atoms with Crippen molar-refractivity contribution >= 4 is 11.8 Å². The number of fused-ring (bicyclic) bond motifs is 2. The van der Waals surface area contributed by atoms with E-state index in [1.54, 1.807) is 0 Å². The van der Waals surface area contributed by atoms with Crippen molar-refractivity contribution in [1.82, 2.24) is 10.6 Å². The fourth-order valence-corrected chi connectivity index (χ4v) is 3.49. The molecule has 0 unspecified atom stereocenters. The highest BCUT2D eigenvalue weighted by atomic mass is 16.2. The highest BCUT2D eigenvalue weighted by molar-refractivity contribution is 5.84. The molecule has 2 rings (SSSR count). The smallest absolute Gasteiger partial charge is 0.239 e. The minimum Gasteiger partial charge on any atom is -0.352 e. The molecule has 4 nitrogen and oxygen atoms in total. The van der Waals surface area contributed by atoms with E-state index in [9.17, 15) is 9.59 Å². The van der Waals surface area contributed by atoms with Crippen molar-refractivity contribution in [2.24, 2.45) is 17.8 Å². The summed E-state index contributed by atoms with van der Waals surface area (Å²) in [6.07, 6.45) is 5.81. The molecule has 0 saturated heterocycles. The molecule has 0 aromatic heterocycles. The van der Waals surface area contributed by atoms with E-state index in [0.29, 0.717) is 12.3 Å². The molecular formula is C14H24N2O2. The molecule has 2 bridgehead atoms. The quantitative estimate of drug-likeness (QED) is 0.778. The number of nitrogens with one attached hydrogen (secondary N) is 2. The largest absolute Gasteiger partial charge is 0.352 e. The van der Waals surface area contributed by atoms with E-state index in [4.69, 9.17) is 0 Å². The van der Waals surface area contributed by atoms with Crippen LogP contribution >= 0.6 is 0 Å². The van der Waals surface area contributed by atoms with Crippen LogP contribution in [0.25, 0.3) is 0 Å². The van der Waals surface area contributed by atoms with Crippen LogP contribution in [0, 0.1) is 17.8 Å². The SMILES string of the molecule is CC(C)NC(=O)CNC(=O)C[C@@H]1C[C@@H]2CC[C@H]1C2. The maximum absolute atomic E-state index is 11.8. The number of hydrogen-bond donors (Lipinski definition) is 2. The van der Waals surface area contributed by atoms with Crippen LogP contribution in [-0.2, 0) is 9.59 Å². The van der Waals surface area contributed by atoms with Gasteiger partial charge in [0.15, 0.2) is 0 Å². The summed E-state index contributed by atoms with van der Waals surface area (Å²) in [4.78, 5) is 23.2. The van der Waals surface area contributed by atoms with Crippen molar-refractivity contribution in [3.63, 3.8) is 0 Å². The second-order valence-electron chi connectivity index (χ2n) is 6.14. The van der Waals surface area contributed by atoms with Crippen LogP contribution < -0.4 is 10.6 Å². The molecule has 2 aliphatic carbocycles. The van der Waals surface area contributed by atoms with Gasteiger partial charge in [0.2, 0.25) is 11.8 Å². The highest BCUT2D eigenvalue weighted by Crippen LogP contribution is 2.49. The lowest BCUT2D eigenvalue weighted by molar-refractivity contribution is -0.127. The van der Waals surface area contributed by atoms with Gasteiger partial charge in [0.25, 0.3) is 0 Å². The lowest BCUT2D eigenvalue weighted by Crippen LogP contribution is -2.40. The number of rotatable bonds is 5. The predicted molar refractivity (Wildman–Crippen MR) is 69.8 cm³/mol. The first-order valence-electron chi connectivity index (χ1n) is 7.10. The maximum Gasteiger partial charge on any atom is 0.239 e. The average molecular weight is 252 g/mol. The molecule has 2 amide bonds. The van der Waals surface area contributed by atoms with Gasteiger partial charge >= 0.3 is 0 Å². The molecule has 4 heteroatoms. The Labute approximate surface area is 109 Å². The molecule has 2 N–H and O–H groups in total. The Bertz CT molecular complexity index is 328. The number of hydrogen-bond acceptors (Lipinski definition) is 2. The number of carbonyl (C=O) groups is 2. The van der Waals surface area contributed by atoms with Crippen molar-refractivity contribution < 1.29 is 9.59 Å². The maximum atomic E-state index is 11.8. The third-order valence-corrected chi connectivity index (χ3v) is 4.23. The van der Waals surface area contributed by atoms with Crippen molar-refractivity contribution in [3.8, 4) is 0 Å². The van der Waals surface area contributed by atoms with Crippen LogP contribution in [0.15, 0.2) is 0 Å². The third kappa shape index (κ3) is 3.47. The lowest BCUT2D eigenvalue weighted by Gasteiger charge is -2.20. The van der Waals surface area contributed by atoms with Gasteiger partial charge in [0.05, 0.1) is 6.54 Å². The molecule has 0 radical (unpaired) electrons. The fourth-order valence-electron chi connectivity index (χ4n) is 3.49. The van der Waals surface area contributed by atoms with Crippen molar-refractivity contribution in [1.29, 1.82) is 0 Å². The Morgan fingerprint density at radius 1 is 1.17 bits per heavy atom. The Morgan fingerprint density at radius 3 is 2.50 bits per heavy atom. The molecule has 0 aliphatic heterocycles. The standard InChI is InChI=1S/C14H24N2O2/c1-9(2)16-14(18)8-15-13(17)7-12-6-10-3-4-11(12)5-10/h9-12H,3-8H2,1-2H3,(H,15,17)(H,16,18)/t10-,11+,12+/m1/s1. The van der Waals surface area contributed by atoms with E-state index in [1.807, 2.05) is 13.8 Å². The molecule has 18 heavy (non-hydrogen) atoms. The van der Waals surface area contributed by atoms with Crippen molar-refractivity contribution in [3.05, 3.63) is 0 Å². The van der Waals surface area contributed by atoms with E-state index in [0.717, 1.165) is 11.8 Å². The Morgan fingerprint density at radius 2 is 1.94 bits per heavy atom. The summed E-state index contributed by atoms with van der Waals surface area (Å²) in [7, 11) is 0. The van der Waals surface area contributed by atoms with E-state index in [1.165, 1.54) is 25.7 Å². The highest BCUT2D eigenvalue weighted by Gasteiger charge is 2.40. The minimum atomic E-state index is -0.105. The molecule has 0 heterocycles. The zero-order valence-corrected chi connectivity index (χ0v) is 11.4. The summed E-state index contributed by atoms with van der Waals surface area (Å²) >= 11 is 0. The zero-order valence-electron chi connectivity index (χ0n) is 11.4. The van der Waals surface area contributed by atoms with Gasteiger partial charge in [0, 0.05) is 12.5 Å². The second-order valence-corrected chi connectivity index (χ2v) is 6.14. The number of carbonyl (C=O) groups excluding carboxylic acids is 2. The fraction of sp³-hybridized carbons (Fsp3) is 0.857. The van der Waals surface area contributed by atoms with Gasteiger partial charge in [-0.1, -0.05) is 6.42 Å². The summed E-state index contributed by atoms with van der Waals surface area (Å²) < 4.78 is 0. The van der Waals surface area contributed by atoms with Gasteiger partial charge in [-0.2, -0.15) is 0 Å². The number of amides is 2. The summed E-state index contributed by atoms with van der Waals surface area (Å²) in [6.45, 7) is 3.93. The summed E-state index contributed by atoms with van der Waals surface area (Å²) in [6, 6.07) is 0.125. The van der Waals surface area contributed by atoms with Crippen molar-refractivity contribution in [2.75, 3.05) is 6.54 Å². The molecule has 2 aliphatic rings. The lowest BCUT2D eigenvalue weighted by atomic mass is 9.86. The monoisotopic (exact) mass is 252 g/mol. The van der Waals surface area contributed by atoms with Crippen LogP contribution in [0.5, 0.6) is 0 Å².